The summed E-state index contributed by atoms with van der Waals surface area (Å²) in [6.45, 7) is 3.02. The van der Waals surface area contributed by atoms with Crippen molar-refractivity contribution in [2.45, 2.75) is 68.7 Å². The predicted molar refractivity (Wildman–Crippen MR) is 143 cm³/mol. The molecule has 36 heavy (non-hydrogen) atoms. The van der Waals surface area contributed by atoms with Gasteiger partial charge in [0.05, 0.1) is 18.2 Å². The topological polar surface area (TPSA) is 78.9 Å². The minimum Gasteiger partial charge on any atom is -0.445 e. The van der Waals surface area contributed by atoms with Crippen LogP contribution >= 0.6 is 11.8 Å². The van der Waals surface area contributed by atoms with Crippen molar-refractivity contribution in [3.05, 3.63) is 66.2 Å². The van der Waals surface area contributed by atoms with E-state index in [-0.39, 0.29) is 18.4 Å². The molecule has 5 atom stereocenters. The SMILES string of the molecule is CC(=O)[C@@H]1C[C@@H]2CCCC[C@@H]2CN1C[C@@H](O)[C@H](CSc1ccccc1)NC(=O)OCc1ccccc1. The molecular weight excluding hydrogens is 472 g/mol. The number of β-amino-alcohol motifs (C(OH)–C–C–N with tert-alkyl or cyclic N) is 1. The second-order valence-corrected chi connectivity index (χ2v) is 11.2. The van der Waals surface area contributed by atoms with E-state index in [0.29, 0.717) is 24.1 Å². The van der Waals surface area contributed by atoms with Crippen molar-refractivity contribution < 1.29 is 19.4 Å². The largest absolute Gasteiger partial charge is 0.445 e. The first-order valence-corrected chi connectivity index (χ1v) is 14.1. The highest BCUT2D eigenvalue weighted by molar-refractivity contribution is 7.99. The first-order chi connectivity index (χ1) is 17.5. The lowest BCUT2D eigenvalue weighted by atomic mass is 9.72. The number of thioether (sulfide) groups is 1. The van der Waals surface area contributed by atoms with Crippen LogP contribution in [0.1, 0.15) is 44.6 Å². The normalized spacial score (nSPS) is 23.8. The number of piperidine rings is 1. The molecule has 4 rings (SSSR count). The number of nitrogens with one attached hydrogen (secondary N) is 1. The summed E-state index contributed by atoms with van der Waals surface area (Å²) < 4.78 is 5.44. The fourth-order valence-electron chi connectivity index (χ4n) is 5.56. The van der Waals surface area contributed by atoms with E-state index in [2.05, 4.69) is 10.2 Å². The van der Waals surface area contributed by atoms with Gasteiger partial charge in [-0.15, -0.1) is 11.8 Å². The molecule has 1 saturated heterocycles. The fraction of sp³-hybridized carbons (Fsp3) is 0.517. The molecule has 6 nitrogen and oxygen atoms in total. The molecule has 2 N–H and O–H groups in total. The number of hydrogen-bond donors (Lipinski definition) is 2. The number of nitrogens with zero attached hydrogens (tertiary/aromatic N) is 1. The molecule has 1 amide bonds. The third-order valence-electron chi connectivity index (χ3n) is 7.55. The van der Waals surface area contributed by atoms with Gasteiger partial charge in [-0.05, 0) is 49.3 Å². The van der Waals surface area contributed by atoms with Crippen LogP contribution in [-0.4, -0.2) is 58.9 Å². The molecule has 0 spiro atoms. The van der Waals surface area contributed by atoms with Crippen molar-refractivity contribution in [2.24, 2.45) is 11.8 Å². The maximum absolute atomic E-state index is 12.7. The van der Waals surface area contributed by atoms with E-state index in [1.165, 1.54) is 25.7 Å². The van der Waals surface area contributed by atoms with Gasteiger partial charge >= 0.3 is 6.09 Å². The van der Waals surface area contributed by atoms with Gasteiger partial charge in [0.15, 0.2) is 0 Å². The summed E-state index contributed by atoms with van der Waals surface area (Å²) in [4.78, 5) is 28.4. The molecule has 1 aliphatic heterocycles. The third-order valence-corrected chi connectivity index (χ3v) is 8.68. The highest BCUT2D eigenvalue weighted by Gasteiger charge is 2.40. The van der Waals surface area contributed by atoms with Gasteiger partial charge in [0.1, 0.15) is 12.4 Å². The second-order valence-electron chi connectivity index (χ2n) is 10.1. The Bertz CT molecular complexity index is 974. The number of benzene rings is 2. The number of fused-ring (bicyclic) bond motifs is 1. The molecule has 0 aromatic heterocycles. The lowest BCUT2D eigenvalue weighted by Gasteiger charge is -2.46. The van der Waals surface area contributed by atoms with Gasteiger partial charge in [0.2, 0.25) is 0 Å². The van der Waals surface area contributed by atoms with Crippen molar-refractivity contribution in [3.8, 4) is 0 Å². The number of likely N-dealkylation sites (tertiary alicyclic amines) is 1. The Morgan fingerprint density at radius 2 is 1.72 bits per heavy atom. The summed E-state index contributed by atoms with van der Waals surface area (Å²) in [7, 11) is 0. The first kappa shape index (κ1) is 26.7. The Hall–Kier alpha value is -2.35. The number of ether oxygens (including phenoxy) is 1. The van der Waals surface area contributed by atoms with Crippen LogP contribution < -0.4 is 5.32 Å². The lowest BCUT2D eigenvalue weighted by molar-refractivity contribution is -0.126. The summed E-state index contributed by atoms with van der Waals surface area (Å²) in [5.41, 5.74) is 0.906. The van der Waals surface area contributed by atoms with Crippen LogP contribution in [0.15, 0.2) is 65.6 Å². The van der Waals surface area contributed by atoms with E-state index in [1.54, 1.807) is 18.7 Å². The highest BCUT2D eigenvalue weighted by Crippen LogP contribution is 2.39. The molecule has 0 unspecified atom stereocenters. The lowest BCUT2D eigenvalue weighted by Crippen LogP contribution is -2.56. The summed E-state index contributed by atoms with van der Waals surface area (Å²) in [5, 5.41) is 14.2. The standard InChI is InChI=1S/C29H38N2O4S/c1-21(32)27-16-23-12-8-9-13-24(23)17-31(27)18-28(33)26(20-36-25-14-6-3-7-15-25)30-29(34)35-19-22-10-4-2-5-11-22/h2-7,10-11,14-15,23-24,26-28,33H,8-9,12-13,16-20H2,1H3,(H,30,34)/t23-,24+,26-,27-,28+/m0/s1. The average Bonchev–Trinajstić information content (AvgIpc) is 2.90. The molecule has 2 aliphatic rings. The monoisotopic (exact) mass is 510 g/mol. The molecule has 1 heterocycles. The zero-order chi connectivity index (χ0) is 25.3. The first-order valence-electron chi connectivity index (χ1n) is 13.1. The molecular formula is C29H38N2O4S. The number of rotatable bonds is 10. The van der Waals surface area contributed by atoms with E-state index in [4.69, 9.17) is 4.74 Å². The quantitative estimate of drug-likeness (QED) is 0.443. The molecule has 1 saturated carbocycles. The smallest absolute Gasteiger partial charge is 0.407 e. The van der Waals surface area contributed by atoms with Crippen LogP contribution in [0.5, 0.6) is 0 Å². The van der Waals surface area contributed by atoms with Crippen LogP contribution in [0.3, 0.4) is 0 Å². The third kappa shape index (κ3) is 7.58. The minimum atomic E-state index is -0.826. The van der Waals surface area contributed by atoms with Gasteiger partial charge in [-0.2, -0.15) is 0 Å². The molecule has 1 aliphatic carbocycles. The number of aliphatic hydroxyl groups excluding tert-OH is 1. The van der Waals surface area contributed by atoms with Crippen molar-refractivity contribution in [1.82, 2.24) is 10.2 Å². The van der Waals surface area contributed by atoms with Crippen LogP contribution in [0.4, 0.5) is 4.79 Å². The number of amides is 1. The zero-order valence-electron chi connectivity index (χ0n) is 21.1. The number of hydrogen-bond acceptors (Lipinski definition) is 6. The van der Waals surface area contributed by atoms with Crippen molar-refractivity contribution >= 4 is 23.6 Å². The van der Waals surface area contributed by atoms with E-state index in [9.17, 15) is 14.7 Å². The number of aliphatic hydroxyl groups is 1. The maximum atomic E-state index is 12.7. The highest BCUT2D eigenvalue weighted by atomic mass is 32.2. The Balaban J connectivity index is 1.41. The Morgan fingerprint density at radius 1 is 1.06 bits per heavy atom. The predicted octanol–water partition coefficient (Wildman–Crippen LogP) is 4.90. The number of alkyl carbamates (subject to hydrolysis) is 1. The van der Waals surface area contributed by atoms with Gasteiger partial charge in [0, 0.05) is 23.7 Å². The molecule has 194 valence electrons. The molecule has 2 fully saturated rings. The van der Waals surface area contributed by atoms with Crippen LogP contribution in [0.2, 0.25) is 0 Å². The van der Waals surface area contributed by atoms with Gasteiger partial charge in [0.25, 0.3) is 0 Å². The van der Waals surface area contributed by atoms with Crippen LogP contribution in [0.25, 0.3) is 0 Å². The van der Waals surface area contributed by atoms with E-state index >= 15 is 0 Å². The molecule has 7 heteroatoms. The molecule has 2 aromatic rings. The molecule has 2 aromatic carbocycles. The van der Waals surface area contributed by atoms with Crippen LogP contribution in [-0.2, 0) is 16.1 Å². The Labute approximate surface area is 218 Å². The van der Waals surface area contributed by atoms with E-state index in [0.717, 1.165) is 23.4 Å². The Morgan fingerprint density at radius 3 is 2.42 bits per heavy atom. The zero-order valence-corrected chi connectivity index (χ0v) is 21.9. The van der Waals surface area contributed by atoms with Crippen molar-refractivity contribution in [1.29, 1.82) is 0 Å². The number of ketones is 1. The number of carbonyl (C=O) groups is 2. The van der Waals surface area contributed by atoms with E-state index in [1.807, 2.05) is 60.7 Å². The van der Waals surface area contributed by atoms with Gasteiger partial charge in [-0.3, -0.25) is 9.69 Å². The van der Waals surface area contributed by atoms with Crippen molar-refractivity contribution in [3.63, 3.8) is 0 Å². The van der Waals surface area contributed by atoms with Gasteiger partial charge in [-0.25, -0.2) is 4.79 Å². The summed E-state index contributed by atoms with van der Waals surface area (Å²) >= 11 is 1.58. The Kier molecular flexibility index (Phi) is 9.84. The van der Waals surface area contributed by atoms with E-state index < -0.39 is 18.2 Å². The summed E-state index contributed by atoms with van der Waals surface area (Å²) in [6.07, 6.45) is 4.39. The summed E-state index contributed by atoms with van der Waals surface area (Å²) in [6, 6.07) is 18.8. The molecule has 0 bridgehead atoms. The molecule has 0 radical (unpaired) electrons. The maximum Gasteiger partial charge on any atom is 0.407 e. The average molecular weight is 511 g/mol. The fourth-order valence-corrected chi connectivity index (χ4v) is 6.59. The van der Waals surface area contributed by atoms with Crippen molar-refractivity contribution in [2.75, 3.05) is 18.8 Å². The van der Waals surface area contributed by atoms with Gasteiger partial charge in [-0.1, -0.05) is 67.8 Å². The van der Waals surface area contributed by atoms with Gasteiger partial charge < -0.3 is 15.2 Å². The second kappa shape index (κ2) is 13.3. The summed E-state index contributed by atoms with van der Waals surface area (Å²) in [5.74, 6) is 1.85. The number of Topliss-reactive ketones (excluding diaryl/α,β-unsaturated/α-hetero) is 1. The minimum absolute atomic E-state index is 0.161. The number of carbonyl (C=O) groups excluding carboxylic acids is 2. The van der Waals surface area contributed by atoms with Crippen LogP contribution in [0, 0.1) is 11.8 Å².